The molecule has 2 N–H and O–H groups in total. The first kappa shape index (κ1) is 16.4. The Bertz CT molecular complexity index is 866. The van der Waals surface area contributed by atoms with E-state index in [4.69, 9.17) is 10.5 Å². The molecule has 134 valence electrons. The highest BCUT2D eigenvalue weighted by molar-refractivity contribution is 6.00. The van der Waals surface area contributed by atoms with E-state index in [0.717, 1.165) is 11.3 Å². The summed E-state index contributed by atoms with van der Waals surface area (Å²) < 4.78 is 6.26. The van der Waals surface area contributed by atoms with E-state index in [1.165, 1.54) is 0 Å². The number of amides is 3. The monoisotopic (exact) mass is 351 g/mol. The second-order valence-corrected chi connectivity index (χ2v) is 7.17. The molecule has 26 heavy (non-hydrogen) atoms. The fraction of sp³-hybridized carbons (Fsp3) is 0.300. The standard InChI is InChI=1S/C20H21N3O3/c1-20(2,18(21)24)22-12-15-17(13-8-4-3-5-9-13)26-16-11-7-6-10-14(16)23(15)19(22)25/h3-11,15,17H,12H2,1-2H3,(H2,21,24). The molecule has 2 aliphatic heterocycles. The number of carbonyl (C=O) groups excluding carboxylic acids is 2. The van der Waals surface area contributed by atoms with Crippen molar-refractivity contribution in [2.24, 2.45) is 5.73 Å². The van der Waals surface area contributed by atoms with Crippen molar-refractivity contribution in [2.75, 3.05) is 11.4 Å². The Hall–Kier alpha value is -3.02. The van der Waals surface area contributed by atoms with E-state index < -0.39 is 11.4 Å². The summed E-state index contributed by atoms with van der Waals surface area (Å²) in [6.45, 7) is 3.72. The minimum absolute atomic E-state index is 0.226. The molecule has 6 nitrogen and oxygen atoms in total. The molecule has 0 spiro atoms. The lowest BCUT2D eigenvalue weighted by molar-refractivity contribution is -0.126. The second-order valence-electron chi connectivity index (χ2n) is 7.17. The van der Waals surface area contributed by atoms with Crippen LogP contribution in [0.15, 0.2) is 54.6 Å². The third-order valence-electron chi connectivity index (χ3n) is 5.27. The summed E-state index contributed by atoms with van der Waals surface area (Å²) in [4.78, 5) is 28.4. The third-order valence-corrected chi connectivity index (χ3v) is 5.27. The molecule has 2 aliphatic rings. The third kappa shape index (κ3) is 2.33. The number of hydrogen-bond donors (Lipinski definition) is 1. The van der Waals surface area contributed by atoms with Crippen molar-refractivity contribution < 1.29 is 14.3 Å². The molecule has 2 atom stereocenters. The van der Waals surface area contributed by atoms with Crippen LogP contribution < -0.4 is 15.4 Å². The van der Waals surface area contributed by atoms with Crippen LogP contribution in [-0.2, 0) is 4.79 Å². The normalized spacial score (nSPS) is 21.8. The van der Waals surface area contributed by atoms with Crippen molar-refractivity contribution in [3.8, 4) is 5.75 Å². The van der Waals surface area contributed by atoms with Gasteiger partial charge in [-0.05, 0) is 31.5 Å². The Morgan fingerprint density at radius 2 is 1.77 bits per heavy atom. The molecule has 0 bridgehead atoms. The average Bonchev–Trinajstić information content (AvgIpc) is 3.00. The molecule has 3 amide bonds. The fourth-order valence-corrected chi connectivity index (χ4v) is 3.64. The number of urea groups is 1. The van der Waals surface area contributed by atoms with E-state index in [9.17, 15) is 9.59 Å². The molecule has 0 saturated carbocycles. The number of carbonyl (C=O) groups is 2. The van der Waals surface area contributed by atoms with E-state index >= 15 is 0 Å². The van der Waals surface area contributed by atoms with Gasteiger partial charge >= 0.3 is 6.03 Å². The first-order valence-corrected chi connectivity index (χ1v) is 8.62. The van der Waals surface area contributed by atoms with Gasteiger partial charge in [-0.1, -0.05) is 42.5 Å². The van der Waals surface area contributed by atoms with E-state index in [1.54, 1.807) is 23.6 Å². The van der Waals surface area contributed by atoms with Crippen LogP contribution in [0.3, 0.4) is 0 Å². The van der Waals surface area contributed by atoms with Gasteiger partial charge in [-0.3, -0.25) is 9.69 Å². The topological polar surface area (TPSA) is 75.9 Å². The first-order chi connectivity index (χ1) is 12.4. The van der Waals surface area contributed by atoms with Gasteiger partial charge in [0.15, 0.2) is 0 Å². The fourth-order valence-electron chi connectivity index (χ4n) is 3.64. The summed E-state index contributed by atoms with van der Waals surface area (Å²) in [5, 5.41) is 0. The van der Waals surface area contributed by atoms with Crippen molar-refractivity contribution in [2.45, 2.75) is 31.5 Å². The average molecular weight is 351 g/mol. The molecule has 0 radical (unpaired) electrons. The number of fused-ring (bicyclic) bond motifs is 3. The lowest BCUT2D eigenvalue weighted by Crippen LogP contribution is -2.54. The van der Waals surface area contributed by atoms with Crippen molar-refractivity contribution in [1.29, 1.82) is 0 Å². The smallest absolute Gasteiger partial charge is 0.326 e. The summed E-state index contributed by atoms with van der Waals surface area (Å²) >= 11 is 0. The van der Waals surface area contributed by atoms with E-state index in [-0.39, 0.29) is 18.2 Å². The molecule has 6 heteroatoms. The Morgan fingerprint density at radius 3 is 2.46 bits per heavy atom. The number of hydrogen-bond acceptors (Lipinski definition) is 3. The zero-order valence-electron chi connectivity index (χ0n) is 14.8. The van der Waals surface area contributed by atoms with Crippen molar-refractivity contribution in [3.05, 3.63) is 60.2 Å². The zero-order valence-corrected chi connectivity index (χ0v) is 14.8. The van der Waals surface area contributed by atoms with Gasteiger partial charge < -0.3 is 15.4 Å². The number of anilines is 1. The van der Waals surface area contributed by atoms with Crippen molar-refractivity contribution in [3.63, 3.8) is 0 Å². The van der Waals surface area contributed by atoms with E-state index in [2.05, 4.69) is 0 Å². The predicted molar refractivity (Wildman–Crippen MR) is 97.9 cm³/mol. The van der Waals surface area contributed by atoms with Gasteiger partial charge in [-0.25, -0.2) is 4.79 Å². The Kier molecular flexibility index (Phi) is 3.64. The van der Waals surface area contributed by atoms with Crippen LogP contribution in [0.5, 0.6) is 5.75 Å². The quantitative estimate of drug-likeness (QED) is 0.924. The van der Waals surface area contributed by atoms with Gasteiger partial charge in [0.25, 0.3) is 0 Å². The minimum Gasteiger partial charge on any atom is -0.481 e. The van der Waals surface area contributed by atoms with Gasteiger partial charge in [0, 0.05) is 6.54 Å². The van der Waals surface area contributed by atoms with Gasteiger partial charge in [0.1, 0.15) is 17.4 Å². The highest BCUT2D eigenvalue weighted by Crippen LogP contribution is 2.45. The molecule has 1 saturated heterocycles. The molecule has 2 aromatic carbocycles. The molecular weight excluding hydrogens is 330 g/mol. The maximum atomic E-state index is 13.2. The number of rotatable bonds is 3. The molecule has 2 heterocycles. The SMILES string of the molecule is CC(C)(C(N)=O)N1CC2C(c3ccccc3)Oc3ccccc3N2C1=O. The Labute approximate surface area is 152 Å². The molecular formula is C20H21N3O3. The zero-order chi connectivity index (χ0) is 18.5. The van der Waals surface area contributed by atoms with E-state index in [0.29, 0.717) is 12.3 Å². The Balaban J connectivity index is 1.81. The van der Waals surface area contributed by atoms with Gasteiger partial charge in [0.2, 0.25) is 5.91 Å². The molecule has 0 aliphatic carbocycles. The highest BCUT2D eigenvalue weighted by atomic mass is 16.5. The van der Waals surface area contributed by atoms with Gasteiger partial charge in [-0.15, -0.1) is 0 Å². The second kappa shape index (κ2) is 5.76. The van der Waals surface area contributed by atoms with Crippen molar-refractivity contribution in [1.82, 2.24) is 4.90 Å². The number of para-hydroxylation sites is 2. The highest BCUT2D eigenvalue weighted by Gasteiger charge is 2.52. The molecule has 4 rings (SSSR count). The molecule has 2 unspecified atom stereocenters. The maximum absolute atomic E-state index is 13.2. The lowest BCUT2D eigenvalue weighted by atomic mass is 9.97. The number of nitrogens with zero attached hydrogens (tertiary/aromatic N) is 2. The summed E-state index contributed by atoms with van der Waals surface area (Å²) in [5.74, 6) is 0.126. The van der Waals surface area contributed by atoms with E-state index in [1.807, 2.05) is 54.6 Å². The molecule has 1 fully saturated rings. The summed E-state index contributed by atoms with van der Waals surface area (Å²) in [5.41, 5.74) is 6.19. The van der Waals surface area contributed by atoms with Crippen molar-refractivity contribution >= 4 is 17.6 Å². The number of benzene rings is 2. The van der Waals surface area contributed by atoms with Gasteiger partial charge in [0.05, 0.1) is 11.7 Å². The van der Waals surface area contributed by atoms with Crippen LogP contribution >= 0.6 is 0 Å². The molecule has 0 aromatic heterocycles. The Morgan fingerprint density at radius 1 is 1.12 bits per heavy atom. The largest absolute Gasteiger partial charge is 0.481 e. The predicted octanol–water partition coefficient (Wildman–Crippen LogP) is 2.69. The first-order valence-electron chi connectivity index (χ1n) is 8.62. The maximum Gasteiger partial charge on any atom is 0.326 e. The number of ether oxygens (including phenoxy) is 1. The van der Waals surface area contributed by atoms with Gasteiger partial charge in [-0.2, -0.15) is 0 Å². The lowest BCUT2D eigenvalue weighted by Gasteiger charge is -2.37. The van der Waals surface area contributed by atoms with Crippen LogP contribution in [0.2, 0.25) is 0 Å². The van der Waals surface area contributed by atoms with Crippen LogP contribution in [0, 0.1) is 0 Å². The van der Waals surface area contributed by atoms with Crippen LogP contribution in [0.25, 0.3) is 0 Å². The van der Waals surface area contributed by atoms with Crippen LogP contribution in [0.1, 0.15) is 25.5 Å². The minimum atomic E-state index is -1.08. The number of primary amides is 1. The summed E-state index contributed by atoms with van der Waals surface area (Å²) in [6.07, 6.45) is -0.316. The van der Waals surface area contributed by atoms with Crippen LogP contribution in [0.4, 0.5) is 10.5 Å². The number of nitrogens with two attached hydrogens (primary N) is 1. The summed E-state index contributed by atoms with van der Waals surface area (Å²) in [6, 6.07) is 16.8. The summed E-state index contributed by atoms with van der Waals surface area (Å²) in [7, 11) is 0. The molecule has 2 aromatic rings. The van der Waals surface area contributed by atoms with Crippen LogP contribution in [-0.4, -0.2) is 35.0 Å².